The zero-order valence-electron chi connectivity index (χ0n) is 36.4. The third kappa shape index (κ3) is 38.6. The third-order valence-corrected chi connectivity index (χ3v) is 9.58. The summed E-state index contributed by atoms with van der Waals surface area (Å²) in [5.41, 5.74) is 0. The summed E-state index contributed by atoms with van der Waals surface area (Å²) < 4.78 is 33.6. The number of nitrogens with zero attached hydrogens (tertiary/aromatic N) is 1. The Balaban J connectivity index is 4.68. The lowest BCUT2D eigenvalue weighted by molar-refractivity contribution is -0.870. The van der Waals surface area contributed by atoms with Gasteiger partial charge in [-0.3, -0.25) is 14.2 Å². The molecule has 12 heteroatoms. The maximum absolute atomic E-state index is 12.7. The lowest BCUT2D eigenvalue weighted by Crippen LogP contribution is -2.37. The molecule has 0 aliphatic carbocycles. The predicted octanol–water partition coefficient (Wildman–Crippen LogP) is 9.33. The number of unbranched alkanes of at least 4 members (excludes halogenated alkanes) is 5. The molecule has 0 heterocycles. The Kier molecular flexibility index (Phi) is 35.3. The van der Waals surface area contributed by atoms with Crippen molar-refractivity contribution < 1.29 is 52.3 Å². The molecule has 0 radical (unpaired) electrons. The number of likely N-dealkylation sites (N-methyl/N-ethyl adjacent to an activating group) is 1. The van der Waals surface area contributed by atoms with Crippen molar-refractivity contribution in [2.75, 3.05) is 47.5 Å². The maximum Gasteiger partial charge on any atom is 0.306 e. The van der Waals surface area contributed by atoms with Crippen LogP contribution in [0.5, 0.6) is 0 Å². The van der Waals surface area contributed by atoms with Crippen LogP contribution in [0.3, 0.4) is 0 Å². The van der Waals surface area contributed by atoms with Crippen LogP contribution in [0.2, 0.25) is 0 Å². The van der Waals surface area contributed by atoms with Gasteiger partial charge < -0.3 is 38.1 Å². The second-order valence-electron chi connectivity index (χ2n) is 15.2. The molecular formula is C46H78NO10P. The Labute approximate surface area is 351 Å². The van der Waals surface area contributed by atoms with Crippen molar-refractivity contribution in [1.29, 1.82) is 0 Å². The molecule has 0 fully saturated rings. The van der Waals surface area contributed by atoms with Crippen LogP contribution in [0.25, 0.3) is 0 Å². The molecule has 0 aromatic rings. The summed E-state index contributed by atoms with van der Waals surface area (Å²) in [6, 6.07) is 0. The molecule has 4 atom stereocenters. The van der Waals surface area contributed by atoms with E-state index in [0.717, 1.165) is 77.0 Å². The Morgan fingerprint density at radius 1 is 0.621 bits per heavy atom. The summed E-state index contributed by atoms with van der Waals surface area (Å²) in [6.45, 7) is 3.60. The van der Waals surface area contributed by atoms with Gasteiger partial charge >= 0.3 is 11.9 Å². The fourth-order valence-electron chi connectivity index (χ4n) is 5.17. The molecule has 1 unspecified atom stereocenters. The first kappa shape index (κ1) is 55.1. The highest BCUT2D eigenvalue weighted by Gasteiger charge is 2.22. The lowest BCUT2D eigenvalue weighted by atomic mass is 10.0. The number of hydrogen-bond acceptors (Lipinski definition) is 10. The highest BCUT2D eigenvalue weighted by Crippen LogP contribution is 2.38. The quantitative estimate of drug-likeness (QED) is 0.0204. The van der Waals surface area contributed by atoms with Crippen LogP contribution in [0, 0.1) is 0 Å². The molecule has 0 amide bonds. The van der Waals surface area contributed by atoms with Gasteiger partial charge in [-0.05, 0) is 83.5 Å². The van der Waals surface area contributed by atoms with Crippen molar-refractivity contribution in [3.63, 3.8) is 0 Å². The van der Waals surface area contributed by atoms with Crippen molar-refractivity contribution in [2.24, 2.45) is 0 Å². The molecule has 0 bridgehead atoms. The summed E-state index contributed by atoms with van der Waals surface area (Å²) in [7, 11) is 0.959. The topological polar surface area (TPSA) is 152 Å². The second kappa shape index (κ2) is 37.1. The number of rotatable bonds is 37. The number of carbonyl (C=O) groups excluding carboxylic acids is 2. The molecule has 332 valence electrons. The molecule has 0 aliphatic rings. The van der Waals surface area contributed by atoms with Crippen LogP contribution in [-0.4, -0.2) is 92.5 Å². The van der Waals surface area contributed by atoms with Crippen LogP contribution in [-0.2, 0) is 32.7 Å². The second-order valence-corrected chi connectivity index (χ2v) is 16.7. The monoisotopic (exact) mass is 836 g/mol. The van der Waals surface area contributed by atoms with E-state index in [-0.39, 0.29) is 45.3 Å². The highest BCUT2D eigenvalue weighted by molar-refractivity contribution is 7.45. The molecule has 2 N–H and O–H groups in total. The number of aliphatic hydroxyl groups excluding tert-OH is 2. The van der Waals surface area contributed by atoms with E-state index in [4.69, 9.17) is 18.5 Å². The first-order valence-electron chi connectivity index (χ1n) is 21.5. The average Bonchev–Trinajstić information content (AvgIpc) is 3.17. The molecule has 0 saturated carbocycles. The van der Waals surface area contributed by atoms with Crippen LogP contribution in [0.15, 0.2) is 85.1 Å². The van der Waals surface area contributed by atoms with Gasteiger partial charge in [0.05, 0.1) is 40.0 Å². The van der Waals surface area contributed by atoms with E-state index < -0.39 is 44.7 Å². The van der Waals surface area contributed by atoms with Gasteiger partial charge in [-0.1, -0.05) is 118 Å². The zero-order valence-corrected chi connectivity index (χ0v) is 37.3. The largest absolute Gasteiger partial charge is 0.756 e. The van der Waals surface area contributed by atoms with E-state index in [1.54, 1.807) is 0 Å². The SMILES string of the molecule is CC/C=C\C/C=C\C/C=C\C/C=C\C[C@@H](O)[C@H](O)CCCC(=O)O[C@H](COC(=O)CCCCCCC/C=C\C/C=C\C/C=C\CC)COP(=O)([O-])OCC[N+](C)(C)C. The molecule has 0 saturated heterocycles. The number of phosphoric acid groups is 1. The molecule has 0 aromatic carbocycles. The summed E-state index contributed by atoms with van der Waals surface area (Å²) in [4.78, 5) is 37.6. The molecule has 58 heavy (non-hydrogen) atoms. The highest BCUT2D eigenvalue weighted by atomic mass is 31.2. The fourth-order valence-corrected chi connectivity index (χ4v) is 5.89. The first-order chi connectivity index (χ1) is 27.8. The van der Waals surface area contributed by atoms with E-state index >= 15 is 0 Å². The van der Waals surface area contributed by atoms with Crippen LogP contribution in [0.4, 0.5) is 0 Å². The molecule has 0 spiro atoms. The molecule has 0 aliphatic heterocycles. The Bertz CT molecular complexity index is 1300. The Morgan fingerprint density at radius 3 is 1.69 bits per heavy atom. The summed E-state index contributed by atoms with van der Waals surface area (Å²) >= 11 is 0. The van der Waals surface area contributed by atoms with Gasteiger partial charge in [0.15, 0.2) is 6.10 Å². The number of carbonyl (C=O) groups is 2. The Hall–Kier alpha value is -2.89. The summed E-state index contributed by atoms with van der Waals surface area (Å²) in [6.07, 6.45) is 39.3. The molecule has 0 rings (SSSR count). The number of allylic oxidation sites excluding steroid dienone is 13. The zero-order chi connectivity index (χ0) is 43.2. The van der Waals surface area contributed by atoms with Crippen LogP contribution in [0.1, 0.15) is 129 Å². The average molecular weight is 836 g/mol. The minimum atomic E-state index is -4.72. The van der Waals surface area contributed by atoms with Crippen molar-refractivity contribution >= 4 is 19.8 Å². The fraction of sp³-hybridized carbons (Fsp3) is 0.652. The summed E-state index contributed by atoms with van der Waals surface area (Å²) in [5, 5.41) is 20.8. The van der Waals surface area contributed by atoms with Gasteiger partial charge in [-0.15, -0.1) is 0 Å². The molecular weight excluding hydrogens is 757 g/mol. The first-order valence-corrected chi connectivity index (χ1v) is 22.9. The van der Waals surface area contributed by atoms with E-state index in [1.807, 2.05) is 39.4 Å². The number of ether oxygens (including phenoxy) is 2. The predicted molar refractivity (Wildman–Crippen MR) is 234 cm³/mol. The molecule has 0 aromatic heterocycles. The van der Waals surface area contributed by atoms with Gasteiger partial charge in [-0.2, -0.15) is 0 Å². The third-order valence-electron chi connectivity index (χ3n) is 8.61. The van der Waals surface area contributed by atoms with Crippen molar-refractivity contribution in [2.45, 2.75) is 148 Å². The summed E-state index contributed by atoms with van der Waals surface area (Å²) in [5.74, 6) is -1.15. The Morgan fingerprint density at radius 2 is 1.12 bits per heavy atom. The minimum Gasteiger partial charge on any atom is -0.756 e. The lowest BCUT2D eigenvalue weighted by Gasteiger charge is -2.28. The number of aliphatic hydroxyl groups is 2. The van der Waals surface area contributed by atoms with Gasteiger partial charge in [0, 0.05) is 12.8 Å². The molecule has 11 nitrogen and oxygen atoms in total. The maximum atomic E-state index is 12.7. The van der Waals surface area contributed by atoms with Gasteiger partial charge in [0.2, 0.25) is 0 Å². The van der Waals surface area contributed by atoms with Gasteiger partial charge in [-0.25, -0.2) is 0 Å². The number of hydrogen-bond donors (Lipinski definition) is 2. The van der Waals surface area contributed by atoms with E-state index in [1.165, 1.54) is 0 Å². The number of esters is 2. The van der Waals surface area contributed by atoms with Crippen molar-refractivity contribution in [3.05, 3.63) is 85.1 Å². The standard InChI is InChI=1S/C46H78NO10P/c1-6-8-10-12-14-16-18-20-21-22-24-26-28-30-32-36-45(50)54-40-42(41-56-58(52,53)55-39-38-47(3,4)5)57-46(51)37-33-35-44(49)43(48)34-31-29-27-25-23-19-17-15-13-11-9-7-2/h8-11,14-17,20-21,23,25,29,31,42-44,48-49H,6-7,12-13,18-19,22,24,26-28,30,32-41H2,1-5H3/b10-8-,11-9-,16-14-,17-15-,21-20-,25-23-,31-29-/t42-,43-,44-/m1/s1. The number of quaternary nitrogens is 1. The van der Waals surface area contributed by atoms with Crippen molar-refractivity contribution in [3.8, 4) is 0 Å². The van der Waals surface area contributed by atoms with Crippen LogP contribution < -0.4 is 4.89 Å². The van der Waals surface area contributed by atoms with Gasteiger partial charge in [0.1, 0.15) is 19.8 Å². The van der Waals surface area contributed by atoms with E-state index in [2.05, 4.69) is 80.7 Å². The van der Waals surface area contributed by atoms with E-state index in [9.17, 15) is 29.3 Å². The van der Waals surface area contributed by atoms with Crippen molar-refractivity contribution in [1.82, 2.24) is 0 Å². The minimum absolute atomic E-state index is 0.0914. The van der Waals surface area contributed by atoms with Gasteiger partial charge in [0.25, 0.3) is 7.82 Å². The normalized spacial score (nSPS) is 15.5. The van der Waals surface area contributed by atoms with E-state index in [0.29, 0.717) is 17.4 Å². The van der Waals surface area contributed by atoms with Crippen LogP contribution >= 0.6 is 7.82 Å². The number of phosphoric ester groups is 1. The smallest absolute Gasteiger partial charge is 0.306 e.